The molecule has 0 aliphatic carbocycles. The molecule has 8 nitrogen and oxygen atoms in total. The van der Waals surface area contributed by atoms with Crippen molar-refractivity contribution < 1.29 is 19.8 Å². The number of phenols is 1. The van der Waals surface area contributed by atoms with E-state index in [1.54, 1.807) is 66.0 Å². The number of fused-ring (bicyclic) bond motifs is 1. The summed E-state index contributed by atoms with van der Waals surface area (Å²) in [6.45, 7) is 0. The summed E-state index contributed by atoms with van der Waals surface area (Å²) >= 11 is 1.25. The van der Waals surface area contributed by atoms with Gasteiger partial charge >= 0.3 is 5.97 Å². The molecule has 9 heteroatoms. The smallest absolute Gasteiger partial charge is 0.335 e. The molecular formula is C26H16N4O4S. The van der Waals surface area contributed by atoms with Crippen LogP contribution in [-0.2, 0) is 4.79 Å². The van der Waals surface area contributed by atoms with Crippen molar-refractivity contribution in [3.8, 4) is 22.9 Å². The molecular weight excluding hydrogens is 464 g/mol. The number of para-hydroxylation sites is 2. The van der Waals surface area contributed by atoms with Crippen molar-refractivity contribution in [3.05, 3.63) is 94.2 Å². The molecule has 1 aliphatic heterocycles. The van der Waals surface area contributed by atoms with Gasteiger partial charge in [-0.15, -0.1) is 11.3 Å². The molecule has 4 aromatic rings. The van der Waals surface area contributed by atoms with Crippen LogP contribution in [0.25, 0.3) is 11.1 Å². The van der Waals surface area contributed by atoms with Gasteiger partial charge in [0.1, 0.15) is 16.7 Å². The highest BCUT2D eigenvalue weighted by atomic mass is 32.1. The first-order chi connectivity index (χ1) is 17.0. The lowest BCUT2D eigenvalue weighted by Crippen LogP contribution is -2.26. The normalized spacial score (nSPS) is 13.5. The third-order valence-corrected chi connectivity index (χ3v) is 6.35. The summed E-state index contributed by atoms with van der Waals surface area (Å²) in [5.74, 6) is -1.61. The van der Waals surface area contributed by atoms with E-state index in [4.69, 9.17) is 0 Å². The van der Waals surface area contributed by atoms with E-state index in [1.807, 2.05) is 0 Å². The van der Waals surface area contributed by atoms with Gasteiger partial charge in [-0.05, 0) is 41.3 Å². The second-order valence-electron chi connectivity index (χ2n) is 7.56. The molecule has 1 amide bonds. The average molecular weight is 481 g/mol. The SMILES string of the molecule is N#Cc1sccc1N1C(=O)C(=NNc2cccc(-c3cccc(C(=O)O)c3)c2O)c2ccccc21. The number of anilines is 3. The molecule has 0 radical (unpaired) electrons. The Labute approximate surface area is 203 Å². The van der Waals surface area contributed by atoms with Gasteiger partial charge in [0, 0.05) is 11.1 Å². The largest absolute Gasteiger partial charge is 0.505 e. The van der Waals surface area contributed by atoms with Crippen LogP contribution in [0.3, 0.4) is 0 Å². The van der Waals surface area contributed by atoms with Crippen molar-refractivity contribution in [2.75, 3.05) is 10.3 Å². The van der Waals surface area contributed by atoms with Crippen LogP contribution in [0.2, 0.25) is 0 Å². The Morgan fingerprint density at radius 1 is 1.00 bits per heavy atom. The van der Waals surface area contributed by atoms with E-state index >= 15 is 0 Å². The summed E-state index contributed by atoms with van der Waals surface area (Å²) in [5, 5.41) is 35.6. The van der Waals surface area contributed by atoms with E-state index < -0.39 is 11.9 Å². The first-order valence-corrected chi connectivity index (χ1v) is 11.3. The zero-order chi connectivity index (χ0) is 24.5. The van der Waals surface area contributed by atoms with E-state index in [9.17, 15) is 25.1 Å². The maximum Gasteiger partial charge on any atom is 0.335 e. The minimum atomic E-state index is -1.07. The molecule has 0 atom stereocenters. The molecule has 35 heavy (non-hydrogen) atoms. The maximum atomic E-state index is 13.4. The number of nitrogens with zero attached hydrogens (tertiary/aromatic N) is 3. The van der Waals surface area contributed by atoms with Crippen LogP contribution in [0.1, 0.15) is 20.8 Å². The quantitative estimate of drug-likeness (QED) is 0.267. The molecule has 0 bridgehead atoms. The molecule has 0 unspecified atom stereocenters. The van der Waals surface area contributed by atoms with Gasteiger partial charge < -0.3 is 10.2 Å². The number of nitrogens with one attached hydrogen (secondary N) is 1. The summed E-state index contributed by atoms with van der Waals surface area (Å²) < 4.78 is 0. The predicted molar refractivity (Wildman–Crippen MR) is 133 cm³/mol. The number of hydrogen-bond donors (Lipinski definition) is 3. The Hall–Kier alpha value is -4.94. The fraction of sp³-hybridized carbons (Fsp3) is 0. The highest BCUT2D eigenvalue weighted by Crippen LogP contribution is 2.40. The van der Waals surface area contributed by atoms with Gasteiger partial charge in [0.2, 0.25) is 0 Å². The molecule has 170 valence electrons. The van der Waals surface area contributed by atoms with E-state index in [2.05, 4.69) is 16.6 Å². The van der Waals surface area contributed by atoms with Crippen LogP contribution in [-0.4, -0.2) is 27.8 Å². The zero-order valence-corrected chi connectivity index (χ0v) is 18.8. The van der Waals surface area contributed by atoms with Crippen molar-refractivity contribution >= 4 is 46.0 Å². The Bertz CT molecular complexity index is 1570. The van der Waals surface area contributed by atoms with Crippen molar-refractivity contribution in [1.29, 1.82) is 5.26 Å². The molecule has 1 aliphatic rings. The van der Waals surface area contributed by atoms with Crippen LogP contribution in [0.15, 0.2) is 83.3 Å². The van der Waals surface area contributed by atoms with Crippen LogP contribution in [0, 0.1) is 11.3 Å². The highest BCUT2D eigenvalue weighted by Gasteiger charge is 2.36. The fourth-order valence-corrected chi connectivity index (χ4v) is 4.58. The summed E-state index contributed by atoms with van der Waals surface area (Å²) in [6, 6.07) is 22.1. The Balaban J connectivity index is 1.52. The first kappa shape index (κ1) is 21.9. The van der Waals surface area contributed by atoms with Crippen molar-refractivity contribution in [3.63, 3.8) is 0 Å². The number of rotatable bonds is 5. The van der Waals surface area contributed by atoms with Gasteiger partial charge in [-0.25, -0.2) is 4.79 Å². The van der Waals surface area contributed by atoms with Crippen LogP contribution >= 0.6 is 11.3 Å². The van der Waals surface area contributed by atoms with E-state index in [-0.39, 0.29) is 22.7 Å². The van der Waals surface area contributed by atoms with E-state index in [0.29, 0.717) is 32.9 Å². The number of hydrogen-bond acceptors (Lipinski definition) is 7. The fourth-order valence-electron chi connectivity index (χ4n) is 3.91. The number of carbonyl (C=O) groups is 2. The molecule has 3 N–H and O–H groups in total. The van der Waals surface area contributed by atoms with Gasteiger partial charge in [-0.2, -0.15) is 10.4 Å². The highest BCUT2D eigenvalue weighted by molar-refractivity contribution is 7.11. The van der Waals surface area contributed by atoms with Gasteiger partial charge in [-0.3, -0.25) is 15.1 Å². The summed E-state index contributed by atoms with van der Waals surface area (Å²) in [5.41, 5.74) is 5.87. The number of aromatic hydroxyl groups is 1. The minimum Gasteiger partial charge on any atom is -0.505 e. The maximum absolute atomic E-state index is 13.4. The number of aromatic carboxylic acids is 1. The Morgan fingerprint density at radius 2 is 1.77 bits per heavy atom. The van der Waals surface area contributed by atoms with Gasteiger partial charge in [0.25, 0.3) is 5.91 Å². The average Bonchev–Trinajstić information content (AvgIpc) is 3.44. The number of thiophene rings is 1. The third-order valence-electron chi connectivity index (χ3n) is 5.54. The number of phenolic OH excluding ortho intramolecular Hbond substituents is 1. The van der Waals surface area contributed by atoms with Crippen LogP contribution in [0.4, 0.5) is 17.1 Å². The molecule has 0 saturated heterocycles. The van der Waals surface area contributed by atoms with Gasteiger partial charge in [0.15, 0.2) is 5.71 Å². The lowest BCUT2D eigenvalue weighted by molar-refractivity contribution is -0.111. The molecule has 0 fully saturated rings. The standard InChI is InChI=1S/C26H16N4O4S/c27-14-22-21(11-12-35-22)30-20-10-2-1-7-18(20)23(25(30)32)29-28-19-9-4-8-17(24(19)31)15-5-3-6-16(13-15)26(33)34/h1-13,28,31H,(H,33,34). The van der Waals surface area contributed by atoms with Crippen LogP contribution < -0.4 is 10.3 Å². The van der Waals surface area contributed by atoms with Crippen molar-refractivity contribution in [2.24, 2.45) is 5.10 Å². The predicted octanol–water partition coefficient (Wildman–Crippen LogP) is 5.19. The second-order valence-corrected chi connectivity index (χ2v) is 8.48. The van der Waals surface area contributed by atoms with Crippen molar-refractivity contribution in [1.82, 2.24) is 0 Å². The van der Waals surface area contributed by atoms with Gasteiger partial charge in [0.05, 0.1) is 22.6 Å². The first-order valence-electron chi connectivity index (χ1n) is 10.4. The van der Waals surface area contributed by atoms with E-state index in [1.165, 1.54) is 28.4 Å². The number of carbonyl (C=O) groups excluding carboxylic acids is 1. The monoisotopic (exact) mass is 480 g/mol. The number of carboxylic acids is 1. The van der Waals surface area contributed by atoms with Gasteiger partial charge in [-0.1, -0.05) is 42.5 Å². The van der Waals surface area contributed by atoms with E-state index in [0.717, 1.165) is 0 Å². The number of carboxylic acid groups (broad SMARTS) is 1. The molecule has 0 saturated carbocycles. The third kappa shape index (κ3) is 3.78. The number of benzene rings is 3. The lowest BCUT2D eigenvalue weighted by atomic mass is 10.0. The molecule has 0 spiro atoms. The molecule has 5 rings (SSSR count). The van der Waals surface area contributed by atoms with Crippen LogP contribution in [0.5, 0.6) is 5.75 Å². The number of hydrazone groups is 1. The summed E-state index contributed by atoms with van der Waals surface area (Å²) in [7, 11) is 0. The molecule has 3 aromatic carbocycles. The Morgan fingerprint density at radius 3 is 2.57 bits per heavy atom. The Kier molecular flexibility index (Phi) is 5.49. The summed E-state index contributed by atoms with van der Waals surface area (Å²) in [6.07, 6.45) is 0. The summed E-state index contributed by atoms with van der Waals surface area (Å²) in [4.78, 5) is 26.6. The molecule has 1 aromatic heterocycles. The zero-order valence-electron chi connectivity index (χ0n) is 18.0. The number of nitriles is 1. The lowest BCUT2D eigenvalue weighted by Gasteiger charge is -2.15. The van der Waals surface area contributed by atoms with Crippen molar-refractivity contribution in [2.45, 2.75) is 0 Å². The topological polar surface area (TPSA) is 126 Å². The molecule has 2 heterocycles. The second kappa shape index (κ2) is 8.78. The number of amides is 1. The minimum absolute atomic E-state index is 0.0962.